The molecule has 0 unspecified atom stereocenters. The SMILES string of the molecule is N#Cc1ccc([C@@H]2C[C@@H](c3cccc(-c4cncnc4)c3)N=C(N)S2)cc1. The van der Waals surface area contributed by atoms with Crippen molar-refractivity contribution >= 4 is 16.9 Å². The van der Waals surface area contributed by atoms with Gasteiger partial charge < -0.3 is 5.73 Å². The molecular weight excluding hydrogens is 354 g/mol. The number of nitrogens with zero attached hydrogens (tertiary/aromatic N) is 4. The van der Waals surface area contributed by atoms with Crippen molar-refractivity contribution in [2.45, 2.75) is 17.7 Å². The van der Waals surface area contributed by atoms with Crippen molar-refractivity contribution in [3.63, 3.8) is 0 Å². The van der Waals surface area contributed by atoms with Crippen LogP contribution in [0, 0.1) is 11.3 Å². The van der Waals surface area contributed by atoms with Crippen molar-refractivity contribution in [1.29, 1.82) is 5.26 Å². The van der Waals surface area contributed by atoms with E-state index >= 15 is 0 Å². The van der Waals surface area contributed by atoms with Crippen LogP contribution < -0.4 is 5.73 Å². The highest BCUT2D eigenvalue weighted by atomic mass is 32.2. The molecule has 1 aliphatic heterocycles. The number of rotatable bonds is 3. The number of hydrogen-bond donors (Lipinski definition) is 1. The first-order valence-corrected chi connectivity index (χ1v) is 9.46. The Balaban J connectivity index is 1.62. The largest absolute Gasteiger partial charge is 0.379 e. The lowest BCUT2D eigenvalue weighted by Crippen LogP contribution is -2.18. The molecule has 0 fully saturated rings. The van der Waals surface area contributed by atoms with Gasteiger partial charge in [-0.1, -0.05) is 42.1 Å². The summed E-state index contributed by atoms with van der Waals surface area (Å²) in [5, 5.41) is 9.79. The van der Waals surface area contributed by atoms with E-state index in [9.17, 15) is 0 Å². The van der Waals surface area contributed by atoms with Crippen LogP contribution in [0.4, 0.5) is 0 Å². The van der Waals surface area contributed by atoms with E-state index in [1.165, 1.54) is 6.33 Å². The van der Waals surface area contributed by atoms with Gasteiger partial charge in [-0.15, -0.1) is 0 Å². The van der Waals surface area contributed by atoms with Gasteiger partial charge in [-0.2, -0.15) is 5.26 Å². The molecule has 0 saturated carbocycles. The van der Waals surface area contributed by atoms with Gasteiger partial charge in [0, 0.05) is 23.2 Å². The van der Waals surface area contributed by atoms with Crippen LogP contribution in [-0.4, -0.2) is 15.1 Å². The standard InChI is InChI=1S/C21H17N5S/c22-10-14-4-6-15(7-5-14)20-9-19(26-21(23)27-20)17-3-1-2-16(8-17)18-11-24-13-25-12-18/h1-8,11-13,19-20H,9H2,(H2,23,26)/t19-,20-/m0/s1. The lowest BCUT2D eigenvalue weighted by Gasteiger charge is -2.26. The fourth-order valence-corrected chi connectivity index (χ4v) is 4.25. The van der Waals surface area contributed by atoms with Crippen LogP contribution in [-0.2, 0) is 0 Å². The Bertz CT molecular complexity index is 1010. The van der Waals surface area contributed by atoms with Gasteiger partial charge in [0.2, 0.25) is 0 Å². The fourth-order valence-electron chi connectivity index (χ4n) is 3.19. The van der Waals surface area contributed by atoms with Crippen molar-refractivity contribution in [2.24, 2.45) is 10.7 Å². The second-order valence-electron chi connectivity index (χ2n) is 6.31. The molecule has 0 saturated heterocycles. The van der Waals surface area contributed by atoms with Crippen LogP contribution >= 0.6 is 11.8 Å². The Labute approximate surface area is 162 Å². The molecular formula is C21H17N5S. The molecule has 2 heterocycles. The lowest BCUT2D eigenvalue weighted by atomic mass is 9.96. The van der Waals surface area contributed by atoms with Crippen molar-refractivity contribution in [1.82, 2.24) is 9.97 Å². The molecule has 0 aliphatic carbocycles. The molecule has 0 bridgehead atoms. The molecule has 3 aromatic rings. The molecule has 1 aromatic heterocycles. The third kappa shape index (κ3) is 3.83. The summed E-state index contributed by atoms with van der Waals surface area (Å²) < 4.78 is 0. The van der Waals surface area contributed by atoms with Crippen molar-refractivity contribution in [3.05, 3.63) is 83.9 Å². The van der Waals surface area contributed by atoms with E-state index in [4.69, 9.17) is 11.0 Å². The normalized spacial score (nSPS) is 19.1. The van der Waals surface area contributed by atoms with Crippen LogP contribution in [0.25, 0.3) is 11.1 Å². The quantitative estimate of drug-likeness (QED) is 0.743. The highest BCUT2D eigenvalue weighted by Gasteiger charge is 2.26. The van der Waals surface area contributed by atoms with E-state index in [1.54, 1.807) is 24.2 Å². The second-order valence-corrected chi connectivity index (χ2v) is 7.53. The van der Waals surface area contributed by atoms with Crippen LogP contribution in [0.1, 0.15) is 34.4 Å². The molecule has 2 aromatic carbocycles. The predicted molar refractivity (Wildman–Crippen MR) is 108 cm³/mol. The molecule has 5 nitrogen and oxygen atoms in total. The number of aliphatic imine (C=N–C) groups is 1. The van der Waals surface area contributed by atoms with Crippen LogP contribution in [0.3, 0.4) is 0 Å². The van der Waals surface area contributed by atoms with Crippen molar-refractivity contribution < 1.29 is 0 Å². The first-order chi connectivity index (χ1) is 13.2. The van der Waals surface area contributed by atoms with Gasteiger partial charge in [0.1, 0.15) is 6.33 Å². The molecule has 27 heavy (non-hydrogen) atoms. The second kappa shape index (κ2) is 7.60. The van der Waals surface area contributed by atoms with Crippen LogP contribution in [0.5, 0.6) is 0 Å². The summed E-state index contributed by atoms with van der Waals surface area (Å²) in [5.74, 6) is 0. The summed E-state index contributed by atoms with van der Waals surface area (Å²) in [6, 6.07) is 18.2. The van der Waals surface area contributed by atoms with Crippen LogP contribution in [0.2, 0.25) is 0 Å². The summed E-state index contributed by atoms with van der Waals surface area (Å²) in [4.78, 5) is 12.9. The first-order valence-electron chi connectivity index (χ1n) is 8.58. The van der Waals surface area contributed by atoms with Gasteiger partial charge in [0.15, 0.2) is 5.17 Å². The minimum absolute atomic E-state index is 0.00326. The Hall–Kier alpha value is -3.17. The molecule has 2 N–H and O–H groups in total. The fraction of sp³-hybridized carbons (Fsp3) is 0.143. The number of benzene rings is 2. The molecule has 132 valence electrons. The Morgan fingerprint density at radius 2 is 1.78 bits per heavy atom. The number of nitriles is 1. The Kier molecular flexibility index (Phi) is 4.86. The maximum Gasteiger partial charge on any atom is 0.155 e. The zero-order valence-corrected chi connectivity index (χ0v) is 15.3. The Morgan fingerprint density at radius 1 is 1.00 bits per heavy atom. The van der Waals surface area contributed by atoms with Crippen LogP contribution in [0.15, 0.2) is 72.2 Å². The van der Waals surface area contributed by atoms with E-state index in [2.05, 4.69) is 33.2 Å². The van der Waals surface area contributed by atoms with Crippen molar-refractivity contribution in [3.8, 4) is 17.2 Å². The molecule has 2 atom stereocenters. The minimum atomic E-state index is -0.00326. The van der Waals surface area contributed by atoms with Crippen molar-refractivity contribution in [2.75, 3.05) is 0 Å². The number of thioether (sulfide) groups is 1. The molecule has 0 amide bonds. The summed E-state index contributed by atoms with van der Waals surface area (Å²) in [5.41, 5.74) is 11.1. The number of hydrogen-bond acceptors (Lipinski definition) is 6. The highest BCUT2D eigenvalue weighted by Crippen LogP contribution is 2.43. The third-order valence-corrected chi connectivity index (χ3v) is 5.66. The van der Waals surface area contributed by atoms with E-state index in [0.717, 1.165) is 28.7 Å². The molecule has 1 aliphatic rings. The maximum atomic E-state index is 8.99. The number of aromatic nitrogens is 2. The van der Waals surface area contributed by atoms with Gasteiger partial charge in [0.05, 0.1) is 17.7 Å². The average Bonchev–Trinajstić information content (AvgIpc) is 2.74. The molecule has 6 heteroatoms. The number of nitrogens with two attached hydrogens (primary N) is 1. The molecule has 0 radical (unpaired) electrons. The van der Waals surface area contributed by atoms with E-state index in [1.807, 2.05) is 36.4 Å². The highest BCUT2D eigenvalue weighted by molar-refractivity contribution is 8.14. The van der Waals surface area contributed by atoms with Gasteiger partial charge in [0.25, 0.3) is 0 Å². The lowest BCUT2D eigenvalue weighted by molar-refractivity contribution is 0.639. The first kappa shape index (κ1) is 17.3. The van der Waals surface area contributed by atoms with Gasteiger partial charge in [-0.05, 0) is 41.3 Å². The third-order valence-electron chi connectivity index (χ3n) is 4.56. The summed E-state index contributed by atoms with van der Waals surface area (Å²) in [7, 11) is 0. The molecule has 4 rings (SSSR count). The monoisotopic (exact) mass is 371 g/mol. The zero-order chi connectivity index (χ0) is 18.6. The smallest absolute Gasteiger partial charge is 0.155 e. The van der Waals surface area contributed by atoms with Gasteiger partial charge >= 0.3 is 0 Å². The Morgan fingerprint density at radius 3 is 2.52 bits per heavy atom. The van der Waals surface area contributed by atoms with E-state index < -0.39 is 0 Å². The minimum Gasteiger partial charge on any atom is -0.379 e. The van der Waals surface area contributed by atoms with E-state index in [-0.39, 0.29) is 11.3 Å². The molecule has 0 spiro atoms. The topological polar surface area (TPSA) is 88.0 Å². The maximum absolute atomic E-state index is 8.99. The van der Waals surface area contributed by atoms with E-state index in [0.29, 0.717) is 10.7 Å². The predicted octanol–water partition coefficient (Wildman–Crippen LogP) is 4.25. The van der Waals surface area contributed by atoms with Gasteiger partial charge in [-0.25, -0.2) is 9.97 Å². The average molecular weight is 371 g/mol. The van der Waals surface area contributed by atoms with Gasteiger partial charge in [-0.3, -0.25) is 4.99 Å². The summed E-state index contributed by atoms with van der Waals surface area (Å²) >= 11 is 1.58. The summed E-state index contributed by atoms with van der Waals surface area (Å²) in [6.07, 6.45) is 5.99. The zero-order valence-electron chi connectivity index (χ0n) is 14.5. The summed E-state index contributed by atoms with van der Waals surface area (Å²) in [6.45, 7) is 0. The number of amidine groups is 1.